The molecule has 3 nitrogen and oxygen atoms in total. The van der Waals surface area contributed by atoms with Crippen LogP contribution >= 0.6 is 0 Å². The highest BCUT2D eigenvalue weighted by molar-refractivity contribution is 5.94. The van der Waals surface area contributed by atoms with Crippen molar-refractivity contribution in [2.75, 3.05) is 13.2 Å². The summed E-state index contributed by atoms with van der Waals surface area (Å²) >= 11 is 0. The molecule has 2 rings (SSSR count). The fraction of sp³-hybridized carbons (Fsp3) is 0.400. The summed E-state index contributed by atoms with van der Waals surface area (Å²) in [5.41, 5.74) is 0.474. The molecule has 0 bridgehead atoms. The molecular formula is C15H16FNO2. The zero-order valence-electron chi connectivity index (χ0n) is 10.7. The monoisotopic (exact) mass is 261 g/mol. The first-order valence-corrected chi connectivity index (χ1v) is 6.29. The number of benzene rings is 1. The molecule has 2 unspecified atom stereocenters. The second-order valence-electron chi connectivity index (χ2n) is 4.84. The molecule has 1 fully saturated rings. The Morgan fingerprint density at radius 2 is 2.32 bits per heavy atom. The van der Waals surface area contributed by atoms with Crippen molar-refractivity contribution in [3.05, 3.63) is 35.1 Å². The van der Waals surface area contributed by atoms with Crippen LogP contribution in [-0.2, 0) is 0 Å². The second kappa shape index (κ2) is 5.85. The molecule has 1 aromatic rings. The summed E-state index contributed by atoms with van der Waals surface area (Å²) in [5, 5.41) is 11.3. The van der Waals surface area contributed by atoms with Gasteiger partial charge in [-0.1, -0.05) is 18.8 Å². The van der Waals surface area contributed by atoms with E-state index < -0.39 is 5.82 Å². The van der Waals surface area contributed by atoms with Crippen LogP contribution in [0.3, 0.4) is 0 Å². The normalized spacial score (nSPS) is 20.4. The Labute approximate surface area is 111 Å². The maximum atomic E-state index is 13.6. The van der Waals surface area contributed by atoms with E-state index in [4.69, 9.17) is 5.11 Å². The molecule has 0 aliphatic heterocycles. The van der Waals surface area contributed by atoms with Crippen LogP contribution in [0, 0.1) is 29.5 Å². The van der Waals surface area contributed by atoms with Crippen LogP contribution in [0.4, 0.5) is 4.39 Å². The van der Waals surface area contributed by atoms with Crippen LogP contribution in [0.15, 0.2) is 18.2 Å². The van der Waals surface area contributed by atoms with Crippen LogP contribution in [0.2, 0.25) is 0 Å². The average molecular weight is 261 g/mol. The van der Waals surface area contributed by atoms with E-state index in [9.17, 15) is 9.18 Å². The van der Waals surface area contributed by atoms with E-state index in [1.165, 1.54) is 18.2 Å². The summed E-state index contributed by atoms with van der Waals surface area (Å²) in [4.78, 5) is 11.8. The zero-order chi connectivity index (χ0) is 13.8. The largest absolute Gasteiger partial charge is 0.384 e. The number of halogens is 1. The van der Waals surface area contributed by atoms with Crippen molar-refractivity contribution in [2.24, 2.45) is 11.8 Å². The first-order valence-electron chi connectivity index (χ1n) is 6.29. The van der Waals surface area contributed by atoms with Gasteiger partial charge in [-0.2, -0.15) is 0 Å². The van der Waals surface area contributed by atoms with E-state index >= 15 is 0 Å². The van der Waals surface area contributed by atoms with Crippen molar-refractivity contribution < 1.29 is 14.3 Å². The number of carbonyl (C=O) groups is 1. The summed E-state index contributed by atoms with van der Waals surface area (Å²) in [7, 11) is 0. The van der Waals surface area contributed by atoms with Crippen molar-refractivity contribution in [3.8, 4) is 11.8 Å². The predicted molar refractivity (Wildman–Crippen MR) is 70.0 cm³/mol. The van der Waals surface area contributed by atoms with Crippen LogP contribution in [0.25, 0.3) is 0 Å². The van der Waals surface area contributed by atoms with Gasteiger partial charge in [0.1, 0.15) is 12.4 Å². The molecule has 19 heavy (non-hydrogen) atoms. The van der Waals surface area contributed by atoms with E-state index in [1.807, 2.05) is 0 Å². The van der Waals surface area contributed by atoms with Gasteiger partial charge in [0.2, 0.25) is 0 Å². The Morgan fingerprint density at radius 1 is 1.58 bits per heavy atom. The van der Waals surface area contributed by atoms with Gasteiger partial charge in [0.25, 0.3) is 5.91 Å². The molecule has 1 aliphatic rings. The molecule has 0 radical (unpaired) electrons. The lowest BCUT2D eigenvalue weighted by molar-refractivity contribution is 0.0951. The third-order valence-electron chi connectivity index (χ3n) is 3.33. The minimum absolute atomic E-state index is 0.182. The van der Waals surface area contributed by atoms with Gasteiger partial charge in [0.05, 0.1) is 5.56 Å². The number of rotatable bonds is 3. The molecule has 1 amide bonds. The first kappa shape index (κ1) is 13.6. The van der Waals surface area contributed by atoms with Crippen LogP contribution in [-0.4, -0.2) is 24.2 Å². The molecule has 0 saturated heterocycles. The van der Waals surface area contributed by atoms with Crippen LogP contribution in [0.1, 0.15) is 29.3 Å². The fourth-order valence-electron chi connectivity index (χ4n) is 1.90. The summed E-state index contributed by atoms with van der Waals surface area (Å²) in [6, 6.07) is 4.16. The molecule has 100 valence electrons. The minimum atomic E-state index is -0.548. The Hall–Kier alpha value is -1.86. The van der Waals surface area contributed by atoms with Crippen molar-refractivity contribution in [3.63, 3.8) is 0 Å². The van der Waals surface area contributed by atoms with Crippen LogP contribution in [0.5, 0.6) is 0 Å². The number of aliphatic hydroxyl groups is 1. The number of hydrogen-bond acceptors (Lipinski definition) is 2. The third-order valence-corrected chi connectivity index (χ3v) is 3.33. The fourth-order valence-corrected chi connectivity index (χ4v) is 1.90. The SMILES string of the molecule is CC1CC1CNC(=O)c1ccc(C#CCO)c(F)c1. The Bertz CT molecular complexity index is 545. The Kier molecular flexibility index (Phi) is 4.18. The molecule has 1 aromatic carbocycles. The number of hydrogen-bond donors (Lipinski definition) is 2. The maximum Gasteiger partial charge on any atom is 0.251 e. The van der Waals surface area contributed by atoms with Gasteiger partial charge in [-0.25, -0.2) is 4.39 Å². The first-order chi connectivity index (χ1) is 9.11. The summed E-state index contributed by atoms with van der Waals surface area (Å²) < 4.78 is 13.6. The summed E-state index contributed by atoms with van der Waals surface area (Å²) in [5.74, 6) is 5.28. The number of carbonyl (C=O) groups excluding carboxylic acids is 1. The van der Waals surface area contributed by atoms with Gasteiger partial charge in [0, 0.05) is 12.1 Å². The Morgan fingerprint density at radius 3 is 2.89 bits per heavy atom. The number of amides is 1. The van der Waals surface area contributed by atoms with Gasteiger partial charge in [-0.15, -0.1) is 0 Å². The lowest BCUT2D eigenvalue weighted by Gasteiger charge is -2.05. The quantitative estimate of drug-likeness (QED) is 0.811. The average Bonchev–Trinajstić information content (AvgIpc) is 3.10. The van der Waals surface area contributed by atoms with E-state index in [0.717, 1.165) is 6.42 Å². The van der Waals surface area contributed by atoms with E-state index in [0.29, 0.717) is 23.9 Å². The molecular weight excluding hydrogens is 245 g/mol. The smallest absolute Gasteiger partial charge is 0.251 e. The third kappa shape index (κ3) is 3.55. The lowest BCUT2D eigenvalue weighted by atomic mass is 10.1. The molecule has 0 spiro atoms. The van der Waals surface area contributed by atoms with Gasteiger partial charge >= 0.3 is 0 Å². The number of nitrogens with one attached hydrogen (secondary N) is 1. The van der Waals surface area contributed by atoms with E-state index in [-0.39, 0.29) is 18.1 Å². The molecule has 0 heterocycles. The molecule has 1 aliphatic carbocycles. The second-order valence-corrected chi connectivity index (χ2v) is 4.84. The molecule has 0 aromatic heterocycles. The van der Waals surface area contributed by atoms with Gasteiger partial charge in [0.15, 0.2) is 0 Å². The summed E-state index contributed by atoms with van der Waals surface area (Å²) in [6.45, 7) is 2.47. The molecule has 4 heteroatoms. The van der Waals surface area contributed by atoms with Crippen molar-refractivity contribution in [2.45, 2.75) is 13.3 Å². The molecule has 2 N–H and O–H groups in total. The lowest BCUT2D eigenvalue weighted by Crippen LogP contribution is -2.26. The standard InChI is InChI=1S/C15H16FNO2/c1-10-7-13(10)9-17-15(19)12-5-4-11(3-2-6-18)14(16)8-12/h4-5,8,10,13,18H,6-7,9H2,1H3,(H,17,19). The van der Waals surface area contributed by atoms with Crippen molar-refractivity contribution in [1.29, 1.82) is 0 Å². The topological polar surface area (TPSA) is 49.3 Å². The summed E-state index contributed by atoms with van der Waals surface area (Å²) in [6.07, 6.45) is 1.14. The van der Waals surface area contributed by atoms with E-state index in [1.54, 1.807) is 0 Å². The van der Waals surface area contributed by atoms with Gasteiger partial charge < -0.3 is 10.4 Å². The molecule has 2 atom stereocenters. The van der Waals surface area contributed by atoms with E-state index in [2.05, 4.69) is 24.1 Å². The van der Waals surface area contributed by atoms with Gasteiger partial charge in [-0.05, 0) is 36.5 Å². The minimum Gasteiger partial charge on any atom is -0.384 e. The van der Waals surface area contributed by atoms with Crippen molar-refractivity contribution >= 4 is 5.91 Å². The zero-order valence-corrected chi connectivity index (χ0v) is 10.7. The van der Waals surface area contributed by atoms with Gasteiger partial charge in [-0.3, -0.25) is 4.79 Å². The highest BCUT2D eigenvalue weighted by Crippen LogP contribution is 2.36. The predicted octanol–water partition coefficient (Wildman–Crippen LogP) is 1.56. The Balaban J connectivity index is 2.00. The number of aliphatic hydroxyl groups excluding tert-OH is 1. The van der Waals surface area contributed by atoms with Crippen LogP contribution < -0.4 is 5.32 Å². The maximum absolute atomic E-state index is 13.6. The highest BCUT2D eigenvalue weighted by atomic mass is 19.1. The molecule has 1 saturated carbocycles. The highest BCUT2D eigenvalue weighted by Gasteiger charge is 2.32. The van der Waals surface area contributed by atoms with Crippen molar-refractivity contribution in [1.82, 2.24) is 5.32 Å².